The molecule has 6 aromatic rings. The molecule has 0 fully saturated rings. The van der Waals surface area contributed by atoms with Crippen molar-refractivity contribution in [3.05, 3.63) is 92.1 Å². The lowest BCUT2D eigenvalue weighted by Gasteiger charge is -2.34. The monoisotopic (exact) mass is 712 g/mol. The first-order chi connectivity index (χ1) is 23.8. The quantitative estimate of drug-likeness (QED) is 0.159. The molecule has 4 aromatic heterocycles. The molecule has 0 spiro atoms. The number of carboxylic acids is 1. The van der Waals surface area contributed by atoms with Crippen molar-refractivity contribution in [1.82, 2.24) is 23.9 Å². The van der Waals surface area contributed by atoms with Crippen LogP contribution < -0.4 is 9.64 Å². The molecule has 7 rings (SSSR count). The van der Waals surface area contributed by atoms with E-state index < -0.39 is 5.97 Å². The second-order valence-electron chi connectivity index (χ2n) is 13.3. The van der Waals surface area contributed by atoms with Crippen molar-refractivity contribution >= 4 is 62.7 Å². The van der Waals surface area contributed by atoms with Crippen molar-refractivity contribution in [2.45, 2.75) is 53.5 Å². The van der Waals surface area contributed by atoms with Crippen LogP contribution in [0.15, 0.2) is 42.6 Å². The molecular formula is C38H38Cl2N6O4. The molecule has 10 nitrogen and oxygen atoms in total. The van der Waals surface area contributed by atoms with E-state index in [0.29, 0.717) is 47.9 Å². The number of aromatic carboxylic acids is 1. The number of pyridine rings is 1. The van der Waals surface area contributed by atoms with Gasteiger partial charge in [0.1, 0.15) is 22.7 Å². The molecule has 1 aliphatic rings. The van der Waals surface area contributed by atoms with Gasteiger partial charge in [-0.2, -0.15) is 5.10 Å². The molecule has 0 bridgehead atoms. The number of carbonyl (C=O) groups is 2. The number of benzene rings is 2. The molecule has 50 heavy (non-hydrogen) atoms. The van der Waals surface area contributed by atoms with Crippen LogP contribution >= 0.6 is 23.2 Å². The molecule has 5 heterocycles. The average Bonchev–Trinajstić information content (AvgIpc) is 3.67. The van der Waals surface area contributed by atoms with Crippen molar-refractivity contribution in [2.24, 2.45) is 14.1 Å². The number of amides is 1. The van der Waals surface area contributed by atoms with E-state index in [1.807, 2.05) is 81.5 Å². The van der Waals surface area contributed by atoms with Crippen LogP contribution in [0.1, 0.15) is 68.4 Å². The average molecular weight is 714 g/mol. The van der Waals surface area contributed by atoms with E-state index in [1.54, 1.807) is 11.0 Å². The number of nitrogens with zero attached hydrogens (tertiary/aromatic N) is 6. The Morgan fingerprint density at radius 3 is 2.42 bits per heavy atom. The van der Waals surface area contributed by atoms with Crippen LogP contribution in [-0.4, -0.2) is 54.0 Å². The van der Waals surface area contributed by atoms with Crippen LogP contribution in [0, 0.1) is 27.7 Å². The van der Waals surface area contributed by atoms with Gasteiger partial charge in [0, 0.05) is 60.1 Å². The molecule has 258 valence electrons. The number of halogens is 2. The fourth-order valence-corrected chi connectivity index (χ4v) is 7.85. The lowest BCUT2D eigenvalue weighted by molar-refractivity contribution is 0.0690. The van der Waals surface area contributed by atoms with Gasteiger partial charge in [-0.1, -0.05) is 29.3 Å². The zero-order valence-corrected chi connectivity index (χ0v) is 30.6. The predicted molar refractivity (Wildman–Crippen MR) is 197 cm³/mol. The van der Waals surface area contributed by atoms with Crippen LogP contribution in [0.3, 0.4) is 0 Å². The third-order valence-electron chi connectivity index (χ3n) is 9.89. The van der Waals surface area contributed by atoms with Gasteiger partial charge < -0.3 is 23.9 Å². The van der Waals surface area contributed by atoms with E-state index in [2.05, 4.69) is 16.5 Å². The lowest BCUT2D eigenvalue weighted by atomic mass is 9.98. The molecule has 0 radical (unpaired) electrons. The van der Waals surface area contributed by atoms with Crippen LogP contribution in [0.4, 0.5) is 5.69 Å². The number of rotatable bonds is 8. The summed E-state index contributed by atoms with van der Waals surface area (Å²) >= 11 is 13.4. The summed E-state index contributed by atoms with van der Waals surface area (Å²) in [4.78, 5) is 33.0. The minimum absolute atomic E-state index is 0.0789. The van der Waals surface area contributed by atoms with Gasteiger partial charge in [-0.3, -0.25) is 9.48 Å². The third kappa shape index (κ3) is 5.32. The summed E-state index contributed by atoms with van der Waals surface area (Å²) in [5.41, 5.74) is 9.62. The van der Waals surface area contributed by atoms with Gasteiger partial charge in [0.25, 0.3) is 5.91 Å². The van der Waals surface area contributed by atoms with Crippen LogP contribution in [0.2, 0.25) is 10.0 Å². The van der Waals surface area contributed by atoms with Crippen LogP contribution in [0.25, 0.3) is 33.1 Å². The fraction of sp³-hybridized carbons (Fsp3) is 0.316. The summed E-state index contributed by atoms with van der Waals surface area (Å²) < 4.78 is 12.1. The van der Waals surface area contributed by atoms with Crippen molar-refractivity contribution in [3.63, 3.8) is 0 Å². The first kappa shape index (κ1) is 33.7. The fourth-order valence-electron chi connectivity index (χ4n) is 7.49. The maximum absolute atomic E-state index is 14.9. The molecule has 1 N–H and O–H groups in total. The maximum Gasteiger partial charge on any atom is 0.354 e. The van der Waals surface area contributed by atoms with Gasteiger partial charge >= 0.3 is 5.97 Å². The van der Waals surface area contributed by atoms with Crippen molar-refractivity contribution in [1.29, 1.82) is 0 Å². The minimum Gasteiger partial charge on any atom is -0.494 e. The number of ether oxygens (including phenoxy) is 1. The van der Waals surface area contributed by atoms with E-state index >= 15 is 0 Å². The topological polar surface area (TPSA) is 107 Å². The Hall–Kier alpha value is -4.80. The molecule has 1 atom stereocenters. The molecule has 0 saturated carbocycles. The van der Waals surface area contributed by atoms with E-state index in [1.165, 1.54) is 6.07 Å². The zero-order valence-electron chi connectivity index (χ0n) is 29.1. The molecule has 1 amide bonds. The zero-order chi connectivity index (χ0) is 35.8. The number of fused-ring (bicyclic) bond motifs is 4. The Balaban J connectivity index is 1.38. The van der Waals surface area contributed by atoms with E-state index in [4.69, 9.17) is 33.0 Å². The van der Waals surface area contributed by atoms with Gasteiger partial charge in [-0.05, 0) is 94.5 Å². The smallest absolute Gasteiger partial charge is 0.354 e. The Kier molecular flexibility index (Phi) is 8.43. The van der Waals surface area contributed by atoms with Crippen molar-refractivity contribution in [2.75, 3.05) is 18.1 Å². The first-order valence-corrected chi connectivity index (χ1v) is 17.3. The summed E-state index contributed by atoms with van der Waals surface area (Å²) in [6.07, 6.45) is 3.06. The molecule has 0 saturated heterocycles. The SMILES string of the molecule is Cc1cc(OCCCc2c3n(c4c(-c5c(C)nn(C)c5C)c(Cl)ccc24)C(C)CN(c2cn(C)c4ccc(C(=O)O)nc24)C3=O)cc(C)c1Cl. The van der Waals surface area contributed by atoms with Gasteiger partial charge in [0.2, 0.25) is 0 Å². The molecule has 0 aliphatic carbocycles. The maximum atomic E-state index is 14.9. The standard InChI is InChI=1S/C38H38Cl2N6O4/c1-19-15-24(16-20(2)33(19)40)50-14-8-9-25-26-10-11-27(39)32(31-22(4)42-44(7)23(31)5)35(26)46-21(3)17-45(37(47)36(25)46)30-18-43(6)29-13-12-28(38(48)49)41-34(29)30/h10-13,15-16,18,21H,8-9,14,17H2,1-7H3,(H,48,49). The second kappa shape index (κ2) is 12.5. The highest BCUT2D eigenvalue weighted by Crippen LogP contribution is 2.45. The Labute approximate surface area is 299 Å². The third-order valence-corrected chi connectivity index (χ3v) is 10.8. The minimum atomic E-state index is -1.13. The number of carboxylic acid groups (broad SMARTS) is 1. The number of aromatic nitrogens is 5. The molecule has 2 aromatic carbocycles. The number of anilines is 1. The highest BCUT2D eigenvalue weighted by atomic mass is 35.5. The lowest BCUT2D eigenvalue weighted by Crippen LogP contribution is -2.42. The number of carbonyl (C=O) groups excluding carboxylic acids is 1. The van der Waals surface area contributed by atoms with E-state index in [0.717, 1.165) is 66.4 Å². The molecular weight excluding hydrogens is 675 g/mol. The molecule has 12 heteroatoms. The van der Waals surface area contributed by atoms with Gasteiger partial charge in [-0.25, -0.2) is 9.78 Å². The highest BCUT2D eigenvalue weighted by Gasteiger charge is 2.38. The number of hydrogen-bond acceptors (Lipinski definition) is 5. The second-order valence-corrected chi connectivity index (χ2v) is 14.1. The Bertz CT molecular complexity index is 2360. The summed E-state index contributed by atoms with van der Waals surface area (Å²) in [5.74, 6) is -0.556. The first-order valence-electron chi connectivity index (χ1n) is 16.5. The van der Waals surface area contributed by atoms with Gasteiger partial charge in [0.15, 0.2) is 0 Å². The summed E-state index contributed by atoms with van der Waals surface area (Å²) in [5, 5.41) is 16.7. The largest absolute Gasteiger partial charge is 0.494 e. The van der Waals surface area contributed by atoms with E-state index in [-0.39, 0.29) is 17.6 Å². The predicted octanol–water partition coefficient (Wildman–Crippen LogP) is 8.40. The summed E-state index contributed by atoms with van der Waals surface area (Å²) in [7, 11) is 3.78. The van der Waals surface area contributed by atoms with E-state index in [9.17, 15) is 14.7 Å². The van der Waals surface area contributed by atoms with Crippen LogP contribution in [-0.2, 0) is 20.5 Å². The van der Waals surface area contributed by atoms with Crippen molar-refractivity contribution in [3.8, 4) is 16.9 Å². The highest BCUT2D eigenvalue weighted by molar-refractivity contribution is 6.35. The number of aryl methyl sites for hydroxylation is 6. The Morgan fingerprint density at radius 1 is 1.04 bits per heavy atom. The number of hydrogen-bond donors (Lipinski definition) is 1. The van der Waals surface area contributed by atoms with Gasteiger partial charge in [0.05, 0.1) is 34.0 Å². The molecule has 1 unspecified atom stereocenters. The van der Waals surface area contributed by atoms with Crippen molar-refractivity contribution < 1.29 is 19.4 Å². The molecule has 1 aliphatic heterocycles. The van der Waals surface area contributed by atoms with Gasteiger partial charge in [-0.15, -0.1) is 0 Å². The Morgan fingerprint density at radius 2 is 1.76 bits per heavy atom. The summed E-state index contributed by atoms with van der Waals surface area (Å²) in [6, 6.07) is 10.8. The normalized spacial score (nSPS) is 14.6. The van der Waals surface area contributed by atoms with Crippen LogP contribution in [0.5, 0.6) is 5.75 Å². The summed E-state index contributed by atoms with van der Waals surface area (Å²) in [6.45, 7) is 10.8.